The van der Waals surface area contributed by atoms with Gasteiger partial charge in [0.15, 0.2) is 0 Å². The third kappa shape index (κ3) is 1.35. The zero-order valence-electron chi connectivity index (χ0n) is 9.44. The fourth-order valence-corrected chi connectivity index (χ4v) is 2.61. The van der Waals surface area contributed by atoms with E-state index in [2.05, 4.69) is 10.4 Å². The molecule has 16 heavy (non-hydrogen) atoms. The summed E-state index contributed by atoms with van der Waals surface area (Å²) in [5.41, 5.74) is 1.84. The predicted molar refractivity (Wildman–Crippen MR) is 59.0 cm³/mol. The number of piperidine rings is 1. The molecule has 2 aliphatic rings. The number of rotatable bonds is 1. The second-order valence-electron chi connectivity index (χ2n) is 4.56. The Morgan fingerprint density at radius 2 is 2.44 bits per heavy atom. The second-order valence-corrected chi connectivity index (χ2v) is 4.56. The standard InChI is InChI=1S/C11H16N4O/c1-14-10-7-15(8-3-2-4-12-5-8)11(16)9(10)6-13-14/h6,8,12H,2-5,7H2,1H3/t8-/m0/s1. The molecule has 0 spiro atoms. The highest BCUT2D eigenvalue weighted by molar-refractivity contribution is 5.97. The summed E-state index contributed by atoms with van der Waals surface area (Å²) < 4.78 is 1.81. The highest BCUT2D eigenvalue weighted by atomic mass is 16.2. The van der Waals surface area contributed by atoms with Gasteiger partial charge in [0, 0.05) is 19.6 Å². The van der Waals surface area contributed by atoms with Crippen LogP contribution < -0.4 is 5.32 Å². The Kier molecular flexibility index (Phi) is 2.21. The monoisotopic (exact) mass is 220 g/mol. The lowest BCUT2D eigenvalue weighted by Gasteiger charge is -2.31. The van der Waals surface area contributed by atoms with Gasteiger partial charge in [-0.1, -0.05) is 0 Å². The Morgan fingerprint density at radius 1 is 1.56 bits per heavy atom. The van der Waals surface area contributed by atoms with E-state index in [-0.39, 0.29) is 5.91 Å². The van der Waals surface area contributed by atoms with Crippen molar-refractivity contribution < 1.29 is 4.79 Å². The van der Waals surface area contributed by atoms with Crippen LogP contribution >= 0.6 is 0 Å². The third-order valence-electron chi connectivity index (χ3n) is 3.58. The summed E-state index contributed by atoms with van der Waals surface area (Å²) in [6, 6.07) is 0.355. The molecule has 5 nitrogen and oxygen atoms in total. The SMILES string of the molecule is Cn1ncc2c1CN([C@H]1CCCNC1)C2=O. The van der Waals surface area contributed by atoms with Crippen molar-refractivity contribution in [1.82, 2.24) is 20.0 Å². The van der Waals surface area contributed by atoms with Gasteiger partial charge >= 0.3 is 0 Å². The molecule has 1 aromatic heterocycles. The van der Waals surface area contributed by atoms with Crippen LogP contribution in [0.3, 0.4) is 0 Å². The predicted octanol–water partition coefficient (Wildman–Crippen LogP) is 0.128. The van der Waals surface area contributed by atoms with E-state index in [4.69, 9.17) is 0 Å². The summed E-state index contributed by atoms with van der Waals surface area (Å²) in [6.07, 6.45) is 3.96. The van der Waals surface area contributed by atoms with Crippen molar-refractivity contribution in [3.05, 3.63) is 17.5 Å². The molecular formula is C11H16N4O. The van der Waals surface area contributed by atoms with Crippen molar-refractivity contribution >= 4 is 5.91 Å². The molecule has 86 valence electrons. The molecule has 0 unspecified atom stereocenters. The van der Waals surface area contributed by atoms with Gasteiger partial charge in [0.05, 0.1) is 24.0 Å². The highest BCUT2D eigenvalue weighted by Gasteiger charge is 2.35. The topological polar surface area (TPSA) is 50.2 Å². The first-order chi connectivity index (χ1) is 7.77. The summed E-state index contributed by atoms with van der Waals surface area (Å²) in [5, 5.41) is 7.47. The number of aryl methyl sites for hydroxylation is 1. The van der Waals surface area contributed by atoms with Crippen LogP contribution in [0.1, 0.15) is 28.9 Å². The number of fused-ring (bicyclic) bond motifs is 1. The Labute approximate surface area is 94.4 Å². The Bertz CT molecular complexity index is 420. The molecule has 0 bridgehead atoms. The maximum atomic E-state index is 12.2. The smallest absolute Gasteiger partial charge is 0.258 e. The van der Waals surface area contributed by atoms with Crippen LogP contribution in [-0.4, -0.2) is 39.7 Å². The fourth-order valence-electron chi connectivity index (χ4n) is 2.61. The maximum Gasteiger partial charge on any atom is 0.258 e. The van der Waals surface area contributed by atoms with Crippen LogP contribution in [-0.2, 0) is 13.6 Å². The van der Waals surface area contributed by atoms with Gasteiger partial charge in [0.25, 0.3) is 5.91 Å². The Morgan fingerprint density at radius 3 is 3.12 bits per heavy atom. The number of carbonyl (C=O) groups excluding carboxylic acids is 1. The van der Waals surface area contributed by atoms with E-state index in [0.717, 1.165) is 43.7 Å². The second kappa shape index (κ2) is 3.59. The van der Waals surface area contributed by atoms with Gasteiger partial charge in [0.1, 0.15) is 0 Å². The van der Waals surface area contributed by atoms with E-state index in [9.17, 15) is 4.79 Å². The van der Waals surface area contributed by atoms with Crippen molar-refractivity contribution in [2.24, 2.45) is 7.05 Å². The number of aromatic nitrogens is 2. The molecule has 2 aliphatic heterocycles. The summed E-state index contributed by atoms with van der Waals surface area (Å²) in [5.74, 6) is 0.150. The molecule has 1 atom stereocenters. The molecule has 3 heterocycles. The number of hydrogen-bond donors (Lipinski definition) is 1. The van der Waals surface area contributed by atoms with Gasteiger partial charge in [0.2, 0.25) is 0 Å². The molecule has 0 aliphatic carbocycles. The number of amides is 1. The van der Waals surface area contributed by atoms with Crippen LogP contribution in [0.25, 0.3) is 0 Å². The third-order valence-corrected chi connectivity index (χ3v) is 3.58. The Balaban J connectivity index is 1.83. The van der Waals surface area contributed by atoms with E-state index in [1.165, 1.54) is 0 Å². The van der Waals surface area contributed by atoms with Gasteiger partial charge in [-0.15, -0.1) is 0 Å². The molecule has 1 aromatic rings. The highest BCUT2D eigenvalue weighted by Crippen LogP contribution is 2.25. The molecule has 1 fully saturated rings. The van der Waals surface area contributed by atoms with Crippen LogP contribution in [0.4, 0.5) is 0 Å². The molecule has 0 aromatic carbocycles. The van der Waals surface area contributed by atoms with Gasteiger partial charge in [-0.05, 0) is 19.4 Å². The van der Waals surface area contributed by atoms with Crippen molar-refractivity contribution in [2.45, 2.75) is 25.4 Å². The zero-order chi connectivity index (χ0) is 11.1. The summed E-state index contributed by atoms with van der Waals surface area (Å²) in [4.78, 5) is 14.1. The van der Waals surface area contributed by atoms with Crippen LogP contribution in [0.2, 0.25) is 0 Å². The molecule has 5 heteroatoms. The van der Waals surface area contributed by atoms with E-state index in [1.54, 1.807) is 6.20 Å². The average Bonchev–Trinajstić information content (AvgIpc) is 2.83. The van der Waals surface area contributed by atoms with Crippen molar-refractivity contribution in [1.29, 1.82) is 0 Å². The largest absolute Gasteiger partial charge is 0.328 e. The minimum Gasteiger partial charge on any atom is -0.328 e. The maximum absolute atomic E-state index is 12.2. The first-order valence-electron chi connectivity index (χ1n) is 5.80. The number of nitrogens with zero attached hydrogens (tertiary/aromatic N) is 3. The minimum atomic E-state index is 0.150. The van der Waals surface area contributed by atoms with Crippen molar-refractivity contribution in [3.63, 3.8) is 0 Å². The molecule has 1 saturated heterocycles. The summed E-state index contributed by atoms with van der Waals surface area (Å²) in [7, 11) is 1.90. The normalized spacial score (nSPS) is 24.9. The molecule has 3 rings (SSSR count). The lowest BCUT2D eigenvalue weighted by molar-refractivity contribution is 0.0671. The van der Waals surface area contributed by atoms with Crippen LogP contribution in [0.15, 0.2) is 6.20 Å². The number of nitrogens with one attached hydrogen (secondary N) is 1. The first-order valence-corrected chi connectivity index (χ1v) is 5.80. The van der Waals surface area contributed by atoms with Gasteiger partial charge in [-0.3, -0.25) is 9.48 Å². The first kappa shape index (κ1) is 9.84. The zero-order valence-corrected chi connectivity index (χ0v) is 9.44. The van der Waals surface area contributed by atoms with Crippen molar-refractivity contribution in [3.8, 4) is 0 Å². The van der Waals surface area contributed by atoms with E-state index in [1.807, 2.05) is 16.6 Å². The lowest BCUT2D eigenvalue weighted by atomic mass is 10.1. The fraction of sp³-hybridized carbons (Fsp3) is 0.636. The van der Waals surface area contributed by atoms with E-state index in [0.29, 0.717) is 6.04 Å². The van der Waals surface area contributed by atoms with Gasteiger partial charge in [-0.2, -0.15) is 5.10 Å². The lowest BCUT2D eigenvalue weighted by Crippen LogP contribution is -2.46. The molecule has 1 amide bonds. The average molecular weight is 220 g/mol. The quantitative estimate of drug-likeness (QED) is 0.732. The number of carbonyl (C=O) groups is 1. The summed E-state index contributed by atoms with van der Waals surface area (Å²) in [6.45, 7) is 2.72. The van der Waals surface area contributed by atoms with E-state index >= 15 is 0 Å². The number of hydrogen-bond acceptors (Lipinski definition) is 3. The molecule has 0 radical (unpaired) electrons. The minimum absolute atomic E-state index is 0.150. The Hall–Kier alpha value is -1.36. The van der Waals surface area contributed by atoms with Crippen LogP contribution in [0, 0.1) is 0 Å². The van der Waals surface area contributed by atoms with Gasteiger partial charge < -0.3 is 10.2 Å². The van der Waals surface area contributed by atoms with E-state index < -0.39 is 0 Å². The van der Waals surface area contributed by atoms with Crippen LogP contribution in [0.5, 0.6) is 0 Å². The molecule has 1 N–H and O–H groups in total. The van der Waals surface area contributed by atoms with Crippen molar-refractivity contribution in [2.75, 3.05) is 13.1 Å². The molecular weight excluding hydrogens is 204 g/mol. The summed E-state index contributed by atoms with van der Waals surface area (Å²) >= 11 is 0. The molecule has 0 saturated carbocycles. The van der Waals surface area contributed by atoms with Gasteiger partial charge in [-0.25, -0.2) is 0 Å².